The average molecular weight is 568 g/mol. The van der Waals surface area contributed by atoms with Crippen molar-refractivity contribution in [1.29, 1.82) is 5.41 Å². The van der Waals surface area contributed by atoms with Crippen LogP contribution < -0.4 is 10.1 Å². The molecule has 0 aliphatic carbocycles. The normalized spacial score (nSPS) is 15.8. The lowest BCUT2D eigenvalue weighted by Crippen LogP contribution is -2.45. The fraction of sp³-hybridized carbons (Fsp3) is 0.643. The lowest BCUT2D eigenvalue weighted by atomic mass is 10.1. The molecule has 0 saturated carbocycles. The molecular weight excluding hydrogens is 527 g/mol. The number of ether oxygens (including phenoxy) is 2. The van der Waals surface area contributed by atoms with Crippen molar-refractivity contribution >= 4 is 12.1 Å². The van der Waals surface area contributed by atoms with Crippen LogP contribution in [0.3, 0.4) is 0 Å². The van der Waals surface area contributed by atoms with Gasteiger partial charge in [0.2, 0.25) is 17.7 Å². The van der Waals surface area contributed by atoms with E-state index in [4.69, 9.17) is 19.4 Å². The van der Waals surface area contributed by atoms with Gasteiger partial charge >= 0.3 is 12.3 Å². The topological polar surface area (TPSA) is 114 Å². The van der Waals surface area contributed by atoms with E-state index < -0.39 is 29.5 Å². The summed E-state index contributed by atoms with van der Waals surface area (Å²) < 4.78 is 57.7. The van der Waals surface area contributed by atoms with Crippen LogP contribution in [-0.2, 0) is 10.9 Å². The third-order valence-corrected chi connectivity index (χ3v) is 6.43. The zero-order valence-corrected chi connectivity index (χ0v) is 23.7. The molecule has 3 rings (SSSR count). The van der Waals surface area contributed by atoms with Gasteiger partial charge in [-0.25, -0.2) is 4.79 Å². The number of carbonyl (C=O) groups is 1. The van der Waals surface area contributed by atoms with E-state index in [2.05, 4.69) is 22.4 Å². The van der Waals surface area contributed by atoms with Gasteiger partial charge in [-0.15, -0.1) is 0 Å². The van der Waals surface area contributed by atoms with Crippen molar-refractivity contribution < 1.29 is 32.0 Å². The second kappa shape index (κ2) is 13.8. The summed E-state index contributed by atoms with van der Waals surface area (Å²) in [5.74, 6) is -0.262. The monoisotopic (exact) mass is 567 g/mol. The third kappa shape index (κ3) is 9.12. The van der Waals surface area contributed by atoms with E-state index in [1.807, 2.05) is 0 Å². The Balaban J connectivity index is 1.66. The molecule has 0 bridgehead atoms. The van der Waals surface area contributed by atoms with E-state index in [0.717, 1.165) is 25.3 Å². The lowest BCUT2D eigenvalue weighted by Gasteiger charge is -2.26. The number of unbranched alkanes of at least 4 members (excludes halogenated alkanes) is 6. The van der Waals surface area contributed by atoms with Crippen LogP contribution in [0.5, 0.6) is 5.75 Å². The number of rotatable bonds is 11. The van der Waals surface area contributed by atoms with Crippen LogP contribution in [0.15, 0.2) is 22.7 Å². The number of nitrogens with zero attached hydrogens (tertiary/aromatic N) is 3. The SMILES string of the molecule is CCCCCCCCCOc1ccc(-c2noc(C3CCCN3C(=N)NC(=O)OC(C)(C)C)n2)cc1C(F)(F)F. The predicted octanol–water partition coefficient (Wildman–Crippen LogP) is 7.48. The summed E-state index contributed by atoms with van der Waals surface area (Å²) in [6.45, 7) is 7.97. The molecule has 2 heterocycles. The van der Waals surface area contributed by atoms with Crippen LogP contribution in [0, 0.1) is 5.41 Å². The summed E-state index contributed by atoms with van der Waals surface area (Å²) in [6.07, 6.45) is 3.21. The molecule has 2 N–H and O–H groups in total. The summed E-state index contributed by atoms with van der Waals surface area (Å²) >= 11 is 0. The first-order chi connectivity index (χ1) is 18.9. The molecule has 1 aromatic carbocycles. The van der Waals surface area contributed by atoms with Gasteiger partial charge in [0, 0.05) is 12.1 Å². The molecule has 1 fully saturated rings. The summed E-state index contributed by atoms with van der Waals surface area (Å²) in [5.41, 5.74) is -1.48. The summed E-state index contributed by atoms with van der Waals surface area (Å²) in [5, 5.41) is 14.6. The maximum Gasteiger partial charge on any atom is 0.419 e. The van der Waals surface area contributed by atoms with Gasteiger partial charge in [-0.1, -0.05) is 50.6 Å². The first-order valence-corrected chi connectivity index (χ1v) is 13.9. The zero-order valence-electron chi connectivity index (χ0n) is 23.7. The van der Waals surface area contributed by atoms with Crippen molar-refractivity contribution in [3.8, 4) is 17.1 Å². The molecule has 0 spiro atoms. The highest BCUT2D eigenvalue weighted by Gasteiger charge is 2.36. The molecule has 1 aliphatic heterocycles. The summed E-state index contributed by atoms with van der Waals surface area (Å²) in [6, 6.07) is 3.23. The van der Waals surface area contributed by atoms with Crippen molar-refractivity contribution in [2.45, 2.75) is 103 Å². The molecule has 0 radical (unpaired) electrons. The first kappa shape index (κ1) is 31.2. The molecule has 1 atom stereocenters. The second-order valence-corrected chi connectivity index (χ2v) is 11.0. The van der Waals surface area contributed by atoms with Crippen LogP contribution in [0.4, 0.5) is 18.0 Å². The van der Waals surface area contributed by atoms with Crippen molar-refractivity contribution in [2.24, 2.45) is 0 Å². The second-order valence-electron chi connectivity index (χ2n) is 11.0. The van der Waals surface area contributed by atoms with Crippen LogP contribution in [0.25, 0.3) is 11.4 Å². The summed E-state index contributed by atoms with van der Waals surface area (Å²) in [7, 11) is 0. The standard InChI is InChI=1S/C28H40F3N5O4/c1-5-6-7-8-9-10-11-17-38-22-15-14-19(18-20(22)28(29,30)31)23-33-24(40-35-23)21-13-12-16-36(21)25(32)34-26(37)39-27(2,3)4/h14-15,18,21H,5-13,16-17H2,1-4H3,(H2,32,34,37). The van der Waals surface area contributed by atoms with E-state index in [1.165, 1.54) is 31.4 Å². The van der Waals surface area contributed by atoms with Crippen LogP contribution >= 0.6 is 0 Å². The number of alkyl carbamates (subject to hydrolysis) is 1. The number of benzene rings is 1. The number of alkyl halides is 3. The molecule has 1 amide bonds. The molecule has 2 aromatic rings. The van der Waals surface area contributed by atoms with Crippen molar-refractivity contribution in [3.63, 3.8) is 0 Å². The molecule has 1 saturated heterocycles. The Labute approximate surface area is 233 Å². The van der Waals surface area contributed by atoms with Gasteiger partial charge in [0.25, 0.3) is 0 Å². The quantitative estimate of drug-likeness (QED) is 0.164. The number of aromatic nitrogens is 2. The fourth-order valence-corrected chi connectivity index (χ4v) is 4.51. The van der Waals surface area contributed by atoms with Gasteiger partial charge in [-0.3, -0.25) is 10.7 Å². The number of halogens is 3. The smallest absolute Gasteiger partial charge is 0.419 e. The molecule has 9 nitrogen and oxygen atoms in total. The van der Waals surface area contributed by atoms with Crippen molar-refractivity contribution in [1.82, 2.24) is 20.4 Å². The van der Waals surface area contributed by atoms with Crippen molar-refractivity contribution in [3.05, 3.63) is 29.7 Å². The minimum Gasteiger partial charge on any atom is -0.493 e. The average Bonchev–Trinajstić information content (AvgIpc) is 3.54. The highest BCUT2D eigenvalue weighted by Crippen LogP contribution is 2.39. The van der Waals surface area contributed by atoms with E-state index in [1.54, 1.807) is 25.7 Å². The Morgan fingerprint density at radius 2 is 1.85 bits per heavy atom. The van der Waals surface area contributed by atoms with Crippen molar-refractivity contribution in [2.75, 3.05) is 13.2 Å². The number of hydrogen-bond donors (Lipinski definition) is 2. The highest BCUT2D eigenvalue weighted by atomic mass is 19.4. The Morgan fingerprint density at radius 3 is 2.52 bits per heavy atom. The van der Waals surface area contributed by atoms with Gasteiger partial charge in [-0.05, 0) is 58.2 Å². The Hall–Kier alpha value is -3.31. The number of carbonyl (C=O) groups excluding carboxylic acids is 1. The minimum absolute atomic E-state index is 0.00221. The maximum absolute atomic E-state index is 13.9. The number of likely N-dealkylation sites (tertiary alicyclic amines) is 1. The number of nitrogens with one attached hydrogen (secondary N) is 2. The predicted molar refractivity (Wildman–Crippen MR) is 144 cm³/mol. The third-order valence-electron chi connectivity index (χ3n) is 6.43. The number of guanidine groups is 1. The van der Waals surface area contributed by atoms with Crippen LogP contribution in [0.2, 0.25) is 0 Å². The van der Waals surface area contributed by atoms with Gasteiger partial charge in [0.1, 0.15) is 17.4 Å². The molecule has 40 heavy (non-hydrogen) atoms. The highest BCUT2D eigenvalue weighted by molar-refractivity contribution is 5.92. The largest absolute Gasteiger partial charge is 0.493 e. The zero-order chi connectivity index (χ0) is 29.3. The molecule has 1 aliphatic rings. The van der Waals surface area contributed by atoms with Crippen LogP contribution in [-0.4, -0.2) is 45.8 Å². The van der Waals surface area contributed by atoms with E-state index in [-0.39, 0.29) is 35.6 Å². The van der Waals surface area contributed by atoms with Gasteiger partial charge in [0.15, 0.2) is 0 Å². The van der Waals surface area contributed by atoms with E-state index in [9.17, 15) is 18.0 Å². The van der Waals surface area contributed by atoms with Crippen LogP contribution in [0.1, 0.15) is 103 Å². The Morgan fingerprint density at radius 1 is 1.15 bits per heavy atom. The molecular formula is C28H40F3N5O4. The Bertz CT molecular complexity index is 1130. The Kier molecular flexibility index (Phi) is 10.8. The fourth-order valence-electron chi connectivity index (χ4n) is 4.51. The number of amides is 1. The molecule has 12 heteroatoms. The lowest BCUT2D eigenvalue weighted by molar-refractivity contribution is -0.138. The molecule has 1 unspecified atom stereocenters. The maximum atomic E-state index is 13.9. The van der Waals surface area contributed by atoms with E-state index in [0.29, 0.717) is 25.8 Å². The number of hydrogen-bond acceptors (Lipinski definition) is 7. The first-order valence-electron chi connectivity index (χ1n) is 13.9. The van der Waals surface area contributed by atoms with Gasteiger partial charge in [0.05, 0.1) is 12.2 Å². The van der Waals surface area contributed by atoms with Gasteiger partial charge in [-0.2, -0.15) is 18.2 Å². The molecule has 222 valence electrons. The molecule has 1 aromatic heterocycles. The van der Waals surface area contributed by atoms with E-state index >= 15 is 0 Å². The van der Waals surface area contributed by atoms with Gasteiger partial charge < -0.3 is 18.9 Å². The minimum atomic E-state index is -4.62. The summed E-state index contributed by atoms with van der Waals surface area (Å²) in [4.78, 5) is 18.0.